The van der Waals surface area contributed by atoms with Gasteiger partial charge in [0.2, 0.25) is 5.91 Å². The van der Waals surface area contributed by atoms with E-state index in [1.165, 1.54) is 11.1 Å². The third-order valence-electron chi connectivity index (χ3n) is 5.26. The molecule has 1 aromatic rings. The molecule has 0 aromatic heterocycles. The van der Waals surface area contributed by atoms with E-state index in [1.807, 2.05) is 6.07 Å². The average Bonchev–Trinajstić information content (AvgIpc) is 2.60. The van der Waals surface area contributed by atoms with Crippen molar-refractivity contribution in [3.8, 4) is 5.75 Å². The summed E-state index contributed by atoms with van der Waals surface area (Å²) in [5.41, 5.74) is 2.78. The van der Waals surface area contributed by atoms with Gasteiger partial charge in [-0.15, -0.1) is 0 Å². The first kappa shape index (κ1) is 16.8. The molecule has 24 heavy (non-hydrogen) atoms. The molecule has 0 radical (unpaired) electrons. The number of phenolic OH excluding ortho intramolecular Hbond substituents is 1. The summed E-state index contributed by atoms with van der Waals surface area (Å²) in [6.45, 7) is 1.14. The molecule has 1 heterocycles. The summed E-state index contributed by atoms with van der Waals surface area (Å²) in [5, 5.41) is 10.3. The minimum absolute atomic E-state index is 0.00109. The van der Waals surface area contributed by atoms with Gasteiger partial charge in [0.05, 0.1) is 5.56 Å². The van der Waals surface area contributed by atoms with Crippen molar-refractivity contribution in [3.05, 3.63) is 28.8 Å². The number of benzene rings is 1. The molecule has 1 saturated heterocycles. The van der Waals surface area contributed by atoms with E-state index in [4.69, 9.17) is 0 Å². The van der Waals surface area contributed by atoms with Gasteiger partial charge in [0.25, 0.3) is 5.91 Å². The Bertz CT molecular complexity index is 646. The fraction of sp³-hybridized carbons (Fsp3) is 0.579. The Labute approximate surface area is 143 Å². The normalized spacial score (nSPS) is 18.2. The summed E-state index contributed by atoms with van der Waals surface area (Å²) in [6, 6.07) is 3.65. The van der Waals surface area contributed by atoms with Crippen LogP contribution in [0.25, 0.3) is 0 Å². The highest BCUT2D eigenvalue weighted by atomic mass is 16.3. The molecule has 3 rings (SSSR count). The number of carbonyl (C=O) groups is 2. The van der Waals surface area contributed by atoms with Gasteiger partial charge in [-0.3, -0.25) is 9.59 Å². The first-order valence-electron chi connectivity index (χ1n) is 8.82. The van der Waals surface area contributed by atoms with Gasteiger partial charge in [0, 0.05) is 33.1 Å². The number of phenols is 1. The first-order valence-corrected chi connectivity index (χ1v) is 8.82. The molecule has 130 valence electrons. The number of nitrogens with zero attached hydrogens (tertiary/aromatic N) is 2. The molecule has 2 amide bonds. The number of aromatic hydroxyl groups is 1. The molecule has 1 aliphatic heterocycles. The third kappa shape index (κ3) is 3.25. The summed E-state index contributed by atoms with van der Waals surface area (Å²) in [5.74, 6) is 0.115. The Morgan fingerprint density at radius 2 is 1.67 bits per heavy atom. The Kier molecular flexibility index (Phi) is 4.78. The monoisotopic (exact) mass is 330 g/mol. The van der Waals surface area contributed by atoms with Gasteiger partial charge in [-0.25, -0.2) is 0 Å². The van der Waals surface area contributed by atoms with Gasteiger partial charge >= 0.3 is 0 Å². The zero-order chi connectivity index (χ0) is 17.3. The molecule has 5 nitrogen and oxygen atoms in total. The average molecular weight is 330 g/mol. The van der Waals surface area contributed by atoms with E-state index in [-0.39, 0.29) is 23.5 Å². The van der Waals surface area contributed by atoms with E-state index < -0.39 is 0 Å². The number of amides is 2. The quantitative estimate of drug-likeness (QED) is 0.904. The Morgan fingerprint density at radius 1 is 1.08 bits per heavy atom. The lowest BCUT2D eigenvalue weighted by atomic mass is 9.89. The Morgan fingerprint density at radius 3 is 2.25 bits per heavy atom. The molecule has 0 unspecified atom stereocenters. The molecule has 0 bridgehead atoms. The second-order valence-electron chi connectivity index (χ2n) is 7.14. The van der Waals surface area contributed by atoms with Crippen LogP contribution in [-0.4, -0.2) is 53.9 Å². The van der Waals surface area contributed by atoms with Gasteiger partial charge in [-0.2, -0.15) is 0 Å². The summed E-state index contributed by atoms with van der Waals surface area (Å²) in [7, 11) is 3.54. The van der Waals surface area contributed by atoms with Crippen LogP contribution in [0.4, 0.5) is 0 Å². The van der Waals surface area contributed by atoms with E-state index in [2.05, 4.69) is 0 Å². The molecular formula is C19H26N2O3. The van der Waals surface area contributed by atoms with Crippen molar-refractivity contribution >= 4 is 11.8 Å². The largest absolute Gasteiger partial charge is 0.507 e. The molecule has 1 aromatic carbocycles. The first-order chi connectivity index (χ1) is 11.5. The van der Waals surface area contributed by atoms with E-state index in [0.29, 0.717) is 31.5 Å². The van der Waals surface area contributed by atoms with Gasteiger partial charge in [-0.05, 0) is 61.8 Å². The van der Waals surface area contributed by atoms with Crippen LogP contribution in [0.5, 0.6) is 5.75 Å². The molecule has 1 N–H and O–H groups in total. The van der Waals surface area contributed by atoms with E-state index in [1.54, 1.807) is 30.0 Å². The number of hydrogen-bond donors (Lipinski definition) is 1. The second-order valence-corrected chi connectivity index (χ2v) is 7.14. The Balaban J connectivity index is 1.71. The highest BCUT2D eigenvalue weighted by Gasteiger charge is 2.30. The van der Waals surface area contributed by atoms with E-state index >= 15 is 0 Å². The van der Waals surface area contributed by atoms with Crippen LogP contribution in [0.15, 0.2) is 12.1 Å². The van der Waals surface area contributed by atoms with Crippen molar-refractivity contribution in [2.75, 3.05) is 27.2 Å². The van der Waals surface area contributed by atoms with E-state index in [9.17, 15) is 14.7 Å². The fourth-order valence-corrected chi connectivity index (χ4v) is 3.81. The zero-order valence-electron chi connectivity index (χ0n) is 14.5. The minimum Gasteiger partial charge on any atom is -0.507 e. The number of piperidine rings is 1. The van der Waals surface area contributed by atoms with Gasteiger partial charge < -0.3 is 14.9 Å². The van der Waals surface area contributed by atoms with E-state index in [0.717, 1.165) is 25.7 Å². The summed E-state index contributed by atoms with van der Waals surface area (Å²) < 4.78 is 0. The van der Waals surface area contributed by atoms with Crippen LogP contribution >= 0.6 is 0 Å². The maximum Gasteiger partial charge on any atom is 0.257 e. The maximum atomic E-state index is 12.8. The van der Waals surface area contributed by atoms with Gasteiger partial charge in [0.1, 0.15) is 5.75 Å². The van der Waals surface area contributed by atoms with Crippen molar-refractivity contribution in [3.63, 3.8) is 0 Å². The number of fused-ring (bicyclic) bond motifs is 1. The standard InChI is InChI=1S/C19H26N2O3/c1-20(2)18(23)13-7-9-21(10-8-13)19(24)16-11-14-5-3-4-6-15(14)12-17(16)22/h11-13,22H,3-10H2,1-2H3. The van der Waals surface area contributed by atoms with Crippen LogP contribution in [-0.2, 0) is 17.6 Å². The zero-order valence-corrected chi connectivity index (χ0v) is 14.5. The number of aryl methyl sites for hydroxylation is 2. The van der Waals surface area contributed by atoms with Crippen molar-refractivity contribution in [2.45, 2.75) is 38.5 Å². The summed E-state index contributed by atoms with van der Waals surface area (Å²) >= 11 is 0. The fourth-order valence-electron chi connectivity index (χ4n) is 3.81. The van der Waals surface area contributed by atoms with Crippen LogP contribution in [0.1, 0.15) is 47.2 Å². The molecule has 5 heteroatoms. The third-order valence-corrected chi connectivity index (χ3v) is 5.26. The van der Waals surface area contributed by atoms with Gasteiger partial charge in [-0.1, -0.05) is 0 Å². The number of carbonyl (C=O) groups excluding carboxylic acids is 2. The molecule has 0 spiro atoms. The summed E-state index contributed by atoms with van der Waals surface area (Å²) in [4.78, 5) is 28.2. The lowest BCUT2D eigenvalue weighted by Gasteiger charge is -2.32. The predicted molar refractivity (Wildman–Crippen MR) is 92.1 cm³/mol. The van der Waals surface area contributed by atoms with Crippen LogP contribution in [0.2, 0.25) is 0 Å². The number of rotatable bonds is 2. The lowest BCUT2D eigenvalue weighted by Crippen LogP contribution is -2.42. The minimum atomic E-state index is -0.114. The Hall–Kier alpha value is -2.04. The summed E-state index contributed by atoms with van der Waals surface area (Å²) in [6.07, 6.45) is 5.63. The SMILES string of the molecule is CN(C)C(=O)C1CCN(C(=O)c2cc3c(cc2O)CCCC3)CC1. The maximum absolute atomic E-state index is 12.8. The molecular weight excluding hydrogens is 304 g/mol. The van der Waals surface area contributed by atoms with Crippen LogP contribution in [0, 0.1) is 5.92 Å². The molecule has 2 aliphatic rings. The van der Waals surface area contributed by atoms with Crippen LogP contribution in [0.3, 0.4) is 0 Å². The highest BCUT2D eigenvalue weighted by molar-refractivity contribution is 5.97. The van der Waals surface area contributed by atoms with Gasteiger partial charge in [0.15, 0.2) is 0 Å². The van der Waals surface area contributed by atoms with Crippen molar-refractivity contribution in [1.82, 2.24) is 9.80 Å². The number of hydrogen-bond acceptors (Lipinski definition) is 3. The van der Waals surface area contributed by atoms with Crippen molar-refractivity contribution in [1.29, 1.82) is 0 Å². The molecule has 0 atom stereocenters. The highest BCUT2D eigenvalue weighted by Crippen LogP contribution is 2.30. The smallest absolute Gasteiger partial charge is 0.257 e. The van der Waals surface area contributed by atoms with Crippen LogP contribution < -0.4 is 0 Å². The topological polar surface area (TPSA) is 60.9 Å². The number of likely N-dealkylation sites (tertiary alicyclic amines) is 1. The molecule has 1 fully saturated rings. The van der Waals surface area contributed by atoms with Crippen molar-refractivity contribution in [2.24, 2.45) is 5.92 Å². The molecule has 1 aliphatic carbocycles. The predicted octanol–water partition coefficient (Wildman–Crippen LogP) is 2.21. The molecule has 0 saturated carbocycles. The van der Waals surface area contributed by atoms with Crippen molar-refractivity contribution < 1.29 is 14.7 Å². The second kappa shape index (κ2) is 6.83. The lowest BCUT2D eigenvalue weighted by molar-refractivity contribution is -0.134.